The first-order valence-electron chi connectivity index (χ1n) is 10.7. The van der Waals surface area contributed by atoms with Gasteiger partial charge in [-0.1, -0.05) is 42.5 Å². The normalized spacial score (nSPS) is 10.9. The predicted molar refractivity (Wildman–Crippen MR) is 130 cm³/mol. The van der Waals surface area contributed by atoms with Gasteiger partial charge >= 0.3 is 5.69 Å². The number of hydrogen-bond donors (Lipinski definition) is 1. The third-order valence-corrected chi connectivity index (χ3v) is 6.31. The van der Waals surface area contributed by atoms with E-state index in [4.69, 9.17) is 0 Å². The lowest BCUT2D eigenvalue weighted by molar-refractivity contribution is -0.384. The molecule has 10 heteroatoms. The molecule has 4 rings (SSSR count). The van der Waals surface area contributed by atoms with E-state index in [9.17, 15) is 24.5 Å². The summed E-state index contributed by atoms with van der Waals surface area (Å²) in [5.74, 6) is -0.161. The van der Waals surface area contributed by atoms with Crippen molar-refractivity contribution in [3.05, 3.63) is 108 Å². The van der Waals surface area contributed by atoms with Gasteiger partial charge in [0.25, 0.3) is 11.2 Å². The van der Waals surface area contributed by atoms with Crippen LogP contribution in [0.5, 0.6) is 0 Å². The van der Waals surface area contributed by atoms with Crippen LogP contribution >= 0.6 is 11.3 Å². The van der Waals surface area contributed by atoms with Gasteiger partial charge in [0, 0.05) is 31.6 Å². The lowest BCUT2D eigenvalue weighted by atomic mass is 10.2. The molecule has 1 amide bonds. The SMILES string of the molecule is O=C(CCCn1c(=O)c2sccc2n(Cc2cccc([N+](=O)[O-])c2)c1=O)NCc1ccccc1. The van der Waals surface area contributed by atoms with Gasteiger partial charge in [0.15, 0.2) is 0 Å². The lowest BCUT2D eigenvalue weighted by Crippen LogP contribution is -2.40. The van der Waals surface area contributed by atoms with Gasteiger partial charge in [0.05, 0.1) is 17.0 Å². The van der Waals surface area contributed by atoms with Crippen molar-refractivity contribution in [2.45, 2.75) is 32.5 Å². The number of thiophene rings is 1. The third-order valence-electron chi connectivity index (χ3n) is 5.42. The third kappa shape index (κ3) is 5.12. The number of amides is 1. The average molecular weight is 479 g/mol. The summed E-state index contributed by atoms with van der Waals surface area (Å²) in [5.41, 5.74) is 1.08. The van der Waals surface area contributed by atoms with Crippen LogP contribution in [0.2, 0.25) is 0 Å². The maximum absolute atomic E-state index is 13.2. The van der Waals surface area contributed by atoms with Crippen molar-refractivity contribution in [2.75, 3.05) is 0 Å². The predicted octanol–water partition coefficient (Wildman–Crippen LogP) is 3.28. The fourth-order valence-electron chi connectivity index (χ4n) is 3.72. The molecule has 0 aliphatic heterocycles. The van der Waals surface area contributed by atoms with Crippen LogP contribution in [0.25, 0.3) is 10.2 Å². The molecule has 9 nitrogen and oxygen atoms in total. The Kier molecular flexibility index (Phi) is 6.98. The van der Waals surface area contributed by atoms with Gasteiger partial charge in [0.2, 0.25) is 5.91 Å². The number of hydrogen-bond acceptors (Lipinski definition) is 6. The second-order valence-corrected chi connectivity index (χ2v) is 8.67. The summed E-state index contributed by atoms with van der Waals surface area (Å²) in [7, 11) is 0. The molecular weight excluding hydrogens is 456 g/mol. The van der Waals surface area contributed by atoms with Crippen molar-refractivity contribution >= 4 is 33.1 Å². The largest absolute Gasteiger partial charge is 0.352 e. The first kappa shape index (κ1) is 23.1. The molecule has 0 bridgehead atoms. The molecule has 0 atom stereocenters. The highest BCUT2D eigenvalue weighted by molar-refractivity contribution is 7.17. The van der Waals surface area contributed by atoms with E-state index in [1.54, 1.807) is 23.6 Å². The second kappa shape index (κ2) is 10.3. The molecule has 2 heterocycles. The average Bonchev–Trinajstić information content (AvgIpc) is 3.33. The van der Waals surface area contributed by atoms with Crippen molar-refractivity contribution in [1.29, 1.82) is 0 Å². The summed E-state index contributed by atoms with van der Waals surface area (Å²) >= 11 is 1.23. The number of carbonyl (C=O) groups excluding carboxylic acids is 1. The van der Waals surface area contributed by atoms with Crippen molar-refractivity contribution in [1.82, 2.24) is 14.5 Å². The monoisotopic (exact) mass is 478 g/mol. The molecule has 1 N–H and O–H groups in total. The Hall–Kier alpha value is -4.05. The molecule has 0 radical (unpaired) electrons. The first-order valence-corrected chi connectivity index (χ1v) is 11.6. The molecule has 4 aromatic rings. The molecule has 174 valence electrons. The van der Waals surface area contributed by atoms with Gasteiger partial charge < -0.3 is 5.32 Å². The number of rotatable bonds is 9. The van der Waals surface area contributed by atoms with E-state index in [-0.39, 0.29) is 31.1 Å². The van der Waals surface area contributed by atoms with Crippen LogP contribution in [0.1, 0.15) is 24.0 Å². The van der Waals surface area contributed by atoms with Crippen LogP contribution in [0, 0.1) is 10.1 Å². The minimum atomic E-state index is -0.507. The molecule has 0 aliphatic rings. The second-order valence-electron chi connectivity index (χ2n) is 7.75. The summed E-state index contributed by atoms with van der Waals surface area (Å²) in [5, 5.41) is 15.7. The van der Waals surface area contributed by atoms with Crippen LogP contribution < -0.4 is 16.6 Å². The standard InChI is InChI=1S/C24H22N4O5S/c29-21(25-15-17-6-2-1-3-7-17)10-5-12-26-23(30)22-20(11-13-34-22)27(24(26)31)16-18-8-4-9-19(14-18)28(32)33/h1-4,6-9,11,13-14H,5,10,12,15-16H2,(H,25,29). The molecule has 0 fully saturated rings. The number of nitro benzene ring substituents is 1. The Balaban J connectivity index is 1.51. The van der Waals surface area contributed by atoms with Crippen molar-refractivity contribution < 1.29 is 9.72 Å². The van der Waals surface area contributed by atoms with Crippen LogP contribution in [-0.4, -0.2) is 20.0 Å². The summed E-state index contributed by atoms with van der Waals surface area (Å²) < 4.78 is 3.01. The van der Waals surface area contributed by atoms with Crippen LogP contribution in [0.3, 0.4) is 0 Å². The van der Waals surface area contributed by atoms with Crippen molar-refractivity contribution in [2.24, 2.45) is 0 Å². The fraction of sp³-hybridized carbons (Fsp3) is 0.208. The van der Waals surface area contributed by atoms with Crippen molar-refractivity contribution in [3.63, 3.8) is 0 Å². The molecule has 0 spiro atoms. The maximum Gasteiger partial charge on any atom is 0.331 e. The number of nitrogens with one attached hydrogen (secondary N) is 1. The molecule has 0 saturated carbocycles. The van der Waals surface area contributed by atoms with E-state index in [1.807, 2.05) is 30.3 Å². The maximum atomic E-state index is 13.2. The highest BCUT2D eigenvalue weighted by Gasteiger charge is 2.16. The Morgan fingerprint density at radius 2 is 1.76 bits per heavy atom. The van der Waals surface area contributed by atoms with E-state index in [2.05, 4.69) is 5.32 Å². The number of aromatic nitrogens is 2. The summed E-state index contributed by atoms with van der Waals surface area (Å²) in [4.78, 5) is 48.9. The molecule has 0 saturated heterocycles. The van der Waals surface area contributed by atoms with E-state index < -0.39 is 16.2 Å². The highest BCUT2D eigenvalue weighted by atomic mass is 32.1. The van der Waals surface area contributed by atoms with Gasteiger partial charge in [-0.25, -0.2) is 4.79 Å². The molecule has 0 unspecified atom stereocenters. The van der Waals surface area contributed by atoms with E-state index in [0.717, 1.165) is 10.1 Å². The Labute approximate surface area is 198 Å². The number of nitro groups is 1. The van der Waals surface area contributed by atoms with E-state index in [1.165, 1.54) is 28.0 Å². The topological polar surface area (TPSA) is 116 Å². The summed E-state index contributed by atoms with van der Waals surface area (Å²) in [6.45, 7) is 0.599. The lowest BCUT2D eigenvalue weighted by Gasteiger charge is -2.12. The first-order chi connectivity index (χ1) is 16.4. The molecule has 2 aromatic carbocycles. The number of fused-ring (bicyclic) bond motifs is 1. The molecule has 0 aliphatic carbocycles. The van der Waals surface area contributed by atoms with Gasteiger partial charge in [0.1, 0.15) is 4.70 Å². The summed E-state index contributed by atoms with van der Waals surface area (Å²) in [6, 6.07) is 17.3. The van der Waals surface area contributed by atoms with Gasteiger partial charge in [-0.2, -0.15) is 0 Å². The number of benzene rings is 2. The van der Waals surface area contributed by atoms with Gasteiger partial charge in [-0.3, -0.25) is 28.8 Å². The quantitative estimate of drug-likeness (QED) is 0.293. The van der Waals surface area contributed by atoms with E-state index in [0.29, 0.717) is 28.7 Å². The Morgan fingerprint density at radius 1 is 1.00 bits per heavy atom. The minimum absolute atomic E-state index is 0.0676. The van der Waals surface area contributed by atoms with Crippen LogP contribution in [0.15, 0.2) is 75.6 Å². The minimum Gasteiger partial charge on any atom is -0.352 e. The Bertz CT molecular complexity index is 1460. The number of carbonyl (C=O) groups is 1. The van der Waals surface area contributed by atoms with Crippen molar-refractivity contribution in [3.8, 4) is 0 Å². The zero-order valence-corrected chi connectivity index (χ0v) is 19.0. The Morgan fingerprint density at radius 3 is 2.53 bits per heavy atom. The fourth-order valence-corrected chi connectivity index (χ4v) is 4.56. The summed E-state index contributed by atoms with van der Waals surface area (Å²) in [6.07, 6.45) is 0.496. The van der Waals surface area contributed by atoms with Gasteiger partial charge in [-0.15, -0.1) is 11.3 Å². The molecular formula is C24H22N4O5S. The zero-order chi connectivity index (χ0) is 24.1. The smallest absolute Gasteiger partial charge is 0.331 e. The highest BCUT2D eigenvalue weighted by Crippen LogP contribution is 2.18. The molecule has 2 aromatic heterocycles. The number of non-ortho nitro benzene ring substituents is 1. The van der Waals surface area contributed by atoms with Crippen LogP contribution in [-0.2, 0) is 24.4 Å². The number of nitrogens with zero attached hydrogens (tertiary/aromatic N) is 3. The zero-order valence-electron chi connectivity index (χ0n) is 18.2. The van der Waals surface area contributed by atoms with Gasteiger partial charge in [-0.05, 0) is 29.0 Å². The van der Waals surface area contributed by atoms with E-state index >= 15 is 0 Å². The molecule has 34 heavy (non-hydrogen) atoms. The van der Waals surface area contributed by atoms with Crippen LogP contribution in [0.4, 0.5) is 5.69 Å².